The normalized spacial score (nSPS) is 25.9. The Kier molecular flexibility index (Phi) is 7.82. The van der Waals surface area contributed by atoms with Crippen molar-refractivity contribution in [3.05, 3.63) is 118 Å². The van der Waals surface area contributed by atoms with Gasteiger partial charge in [-0.3, -0.25) is 15.0 Å². The molecule has 0 N–H and O–H groups in total. The summed E-state index contributed by atoms with van der Waals surface area (Å²) in [5.74, 6) is 0.422. The van der Waals surface area contributed by atoms with Crippen molar-refractivity contribution in [3.8, 4) is 0 Å². The van der Waals surface area contributed by atoms with Gasteiger partial charge in [0, 0.05) is 11.0 Å². The lowest BCUT2D eigenvalue weighted by atomic mass is 9.57. The summed E-state index contributed by atoms with van der Waals surface area (Å²) in [4.78, 5) is 15.3. The second-order valence-corrected chi connectivity index (χ2v) is 17.0. The van der Waals surface area contributed by atoms with Crippen LogP contribution in [0, 0.1) is 22.0 Å². The average molecular weight is 543 g/mol. The van der Waals surface area contributed by atoms with E-state index < -0.39 is 20.0 Å². The summed E-state index contributed by atoms with van der Waals surface area (Å²) < 4.78 is 7.36. The van der Waals surface area contributed by atoms with E-state index >= 15 is 0 Å². The molecule has 206 valence electrons. The zero-order valence-electron chi connectivity index (χ0n) is 23.9. The number of nitro groups is 1. The average Bonchev–Trinajstić information content (AvgIpc) is 3.37. The molecule has 1 aliphatic heterocycles. The molecular formula is C33H42N2O3Si. The van der Waals surface area contributed by atoms with Gasteiger partial charge in [0.25, 0.3) is 0 Å². The van der Waals surface area contributed by atoms with E-state index in [9.17, 15) is 10.1 Å². The Morgan fingerprint density at radius 1 is 0.897 bits per heavy atom. The Morgan fingerprint density at radius 2 is 1.41 bits per heavy atom. The van der Waals surface area contributed by atoms with Crippen LogP contribution >= 0.6 is 0 Å². The van der Waals surface area contributed by atoms with Crippen LogP contribution in [-0.4, -0.2) is 42.8 Å². The topological polar surface area (TPSA) is 55.6 Å². The zero-order valence-corrected chi connectivity index (χ0v) is 24.9. The van der Waals surface area contributed by atoms with Gasteiger partial charge in [0.05, 0.1) is 12.0 Å². The van der Waals surface area contributed by atoms with Crippen LogP contribution in [0.3, 0.4) is 0 Å². The monoisotopic (exact) mass is 542 g/mol. The maximum Gasteiger partial charge on any atom is 0.235 e. The van der Waals surface area contributed by atoms with Crippen LogP contribution in [0.25, 0.3) is 0 Å². The molecule has 3 aromatic rings. The van der Waals surface area contributed by atoms with E-state index in [0.717, 1.165) is 36.1 Å². The summed E-state index contributed by atoms with van der Waals surface area (Å²) >= 11 is 0. The van der Waals surface area contributed by atoms with Gasteiger partial charge in [0.1, 0.15) is 5.60 Å². The maximum atomic E-state index is 12.8. The van der Waals surface area contributed by atoms with Crippen molar-refractivity contribution in [1.29, 1.82) is 0 Å². The fourth-order valence-corrected chi connectivity index (χ4v) is 8.82. The minimum atomic E-state index is -2.09. The maximum absolute atomic E-state index is 12.8. The van der Waals surface area contributed by atoms with Crippen molar-refractivity contribution >= 4 is 8.32 Å². The van der Waals surface area contributed by atoms with Crippen LogP contribution < -0.4 is 0 Å². The van der Waals surface area contributed by atoms with Crippen LogP contribution in [0.4, 0.5) is 0 Å². The number of benzene rings is 3. The van der Waals surface area contributed by atoms with E-state index in [0.29, 0.717) is 5.92 Å². The molecule has 0 unspecified atom stereocenters. The molecule has 3 aromatic carbocycles. The van der Waals surface area contributed by atoms with Crippen molar-refractivity contribution in [1.82, 2.24) is 4.90 Å². The number of nitrogens with zero attached hydrogens (tertiary/aromatic N) is 2. The molecule has 2 fully saturated rings. The molecule has 1 saturated heterocycles. The van der Waals surface area contributed by atoms with Gasteiger partial charge < -0.3 is 4.43 Å². The third-order valence-electron chi connectivity index (χ3n) is 8.74. The van der Waals surface area contributed by atoms with Crippen LogP contribution in [0.15, 0.2) is 91.0 Å². The molecule has 2 aliphatic rings. The lowest BCUT2D eigenvalue weighted by Gasteiger charge is -2.56. The van der Waals surface area contributed by atoms with Crippen molar-refractivity contribution < 1.29 is 9.35 Å². The van der Waals surface area contributed by atoms with Gasteiger partial charge in [-0.1, -0.05) is 105 Å². The van der Waals surface area contributed by atoms with E-state index in [4.69, 9.17) is 4.43 Å². The third kappa shape index (κ3) is 5.10. The lowest BCUT2D eigenvalue weighted by molar-refractivity contribution is -0.558. The molecule has 5 atom stereocenters. The standard InChI is InChI=1S/C33H42N2O3Si/c1-24(2)29-30(25-16-9-6-10-17-25)32(35(36)37)31(29)34-23-15-22-28(34)33(38-39(3,4)5,26-18-11-7-12-19-26)27-20-13-8-14-21-27/h6-14,16-21,24,28-32H,15,22-23H2,1-5H3/t28-,29+,30+,31-,32-/m0/s1. The molecule has 1 saturated carbocycles. The Bertz CT molecular complexity index is 1210. The predicted octanol–water partition coefficient (Wildman–Crippen LogP) is 7.33. The number of hydrogen-bond acceptors (Lipinski definition) is 4. The molecule has 5 nitrogen and oxygen atoms in total. The van der Waals surface area contributed by atoms with Crippen LogP contribution in [0.5, 0.6) is 0 Å². The van der Waals surface area contributed by atoms with Crippen molar-refractivity contribution in [2.75, 3.05) is 6.54 Å². The van der Waals surface area contributed by atoms with Crippen LogP contribution in [-0.2, 0) is 10.0 Å². The molecule has 0 aromatic heterocycles. The van der Waals surface area contributed by atoms with Gasteiger partial charge in [-0.15, -0.1) is 0 Å². The number of likely N-dealkylation sites (tertiary alicyclic amines) is 1. The third-order valence-corrected chi connectivity index (χ3v) is 9.68. The van der Waals surface area contributed by atoms with Crippen LogP contribution in [0.1, 0.15) is 49.3 Å². The lowest BCUT2D eigenvalue weighted by Crippen LogP contribution is -2.69. The first-order chi connectivity index (χ1) is 18.6. The highest BCUT2D eigenvalue weighted by atomic mass is 28.4. The molecule has 1 aliphatic carbocycles. The quantitative estimate of drug-likeness (QED) is 0.161. The highest BCUT2D eigenvalue weighted by Gasteiger charge is 2.65. The second kappa shape index (κ2) is 11.0. The van der Waals surface area contributed by atoms with E-state index in [-0.39, 0.29) is 28.8 Å². The zero-order chi connectivity index (χ0) is 27.8. The molecule has 0 bridgehead atoms. The summed E-state index contributed by atoms with van der Waals surface area (Å²) in [7, 11) is -2.09. The Labute approximate surface area is 234 Å². The van der Waals surface area contributed by atoms with Crippen molar-refractivity contribution in [3.63, 3.8) is 0 Å². The molecular weight excluding hydrogens is 500 g/mol. The second-order valence-electron chi connectivity index (χ2n) is 12.6. The predicted molar refractivity (Wildman–Crippen MR) is 160 cm³/mol. The molecule has 1 heterocycles. The van der Waals surface area contributed by atoms with Gasteiger partial charge in [-0.2, -0.15) is 0 Å². The number of hydrogen-bond donors (Lipinski definition) is 0. The van der Waals surface area contributed by atoms with Crippen molar-refractivity contribution in [2.45, 2.75) is 76.0 Å². The smallest absolute Gasteiger partial charge is 0.235 e. The van der Waals surface area contributed by atoms with Gasteiger partial charge in [-0.25, -0.2) is 0 Å². The highest BCUT2D eigenvalue weighted by molar-refractivity contribution is 6.69. The highest BCUT2D eigenvalue weighted by Crippen LogP contribution is 2.55. The van der Waals surface area contributed by atoms with Gasteiger partial charge in [0.15, 0.2) is 8.32 Å². The first-order valence-corrected chi connectivity index (χ1v) is 17.8. The van der Waals surface area contributed by atoms with E-state index in [1.165, 1.54) is 0 Å². The Morgan fingerprint density at radius 3 is 1.87 bits per heavy atom. The fourth-order valence-electron chi connectivity index (χ4n) is 7.49. The summed E-state index contributed by atoms with van der Waals surface area (Å²) in [6, 6.07) is 30.5. The van der Waals surface area contributed by atoms with Crippen LogP contribution in [0.2, 0.25) is 19.6 Å². The summed E-state index contributed by atoms with van der Waals surface area (Å²) in [5.41, 5.74) is 2.64. The minimum absolute atomic E-state index is 0.000511. The molecule has 5 rings (SSSR count). The Balaban J connectivity index is 1.66. The number of rotatable bonds is 9. The van der Waals surface area contributed by atoms with Crippen molar-refractivity contribution in [2.24, 2.45) is 11.8 Å². The van der Waals surface area contributed by atoms with Gasteiger partial charge in [-0.05, 0) is 67.6 Å². The largest absolute Gasteiger partial charge is 0.403 e. The summed E-state index contributed by atoms with van der Waals surface area (Å²) in [6.07, 6.45) is 1.94. The molecule has 0 radical (unpaired) electrons. The molecule has 0 amide bonds. The first-order valence-electron chi connectivity index (χ1n) is 14.4. The summed E-state index contributed by atoms with van der Waals surface area (Å²) in [5, 5.41) is 12.8. The first kappa shape index (κ1) is 27.8. The fraction of sp³-hybridized carbons (Fsp3) is 0.455. The Hall–Kier alpha value is -2.80. The van der Waals surface area contributed by atoms with Gasteiger partial charge >= 0.3 is 0 Å². The molecule has 39 heavy (non-hydrogen) atoms. The van der Waals surface area contributed by atoms with E-state index in [1.807, 2.05) is 30.3 Å². The van der Waals surface area contributed by atoms with E-state index in [2.05, 4.69) is 99.1 Å². The van der Waals surface area contributed by atoms with Gasteiger partial charge in [0.2, 0.25) is 6.04 Å². The van der Waals surface area contributed by atoms with E-state index in [1.54, 1.807) is 0 Å². The minimum Gasteiger partial charge on any atom is -0.403 e. The molecule has 0 spiro atoms. The SMILES string of the molecule is CC(C)[C@@H]1[C@@H](c2ccccc2)[C@H]([N+](=O)[O-])[C@H]1N1CCC[C@H]1C(O[Si](C)(C)C)(c1ccccc1)c1ccccc1. The molecule has 6 heteroatoms. The summed E-state index contributed by atoms with van der Waals surface area (Å²) in [6.45, 7) is 12.1.